The Labute approximate surface area is 78.3 Å². The summed E-state index contributed by atoms with van der Waals surface area (Å²) in [6.07, 6.45) is 3.39. The van der Waals surface area contributed by atoms with Crippen LogP contribution in [-0.2, 0) is 11.2 Å². The Kier molecular flexibility index (Phi) is 2.31. The van der Waals surface area contributed by atoms with E-state index < -0.39 is 0 Å². The lowest BCUT2D eigenvalue weighted by molar-refractivity contribution is 0.407. The van der Waals surface area contributed by atoms with Gasteiger partial charge in [0.05, 0.1) is 12.7 Å². The van der Waals surface area contributed by atoms with Crippen molar-refractivity contribution >= 4 is 6.08 Å². The van der Waals surface area contributed by atoms with E-state index in [1.165, 1.54) is 5.56 Å². The first-order valence-electron chi connectivity index (χ1n) is 4.45. The third-order valence-corrected chi connectivity index (χ3v) is 2.11. The van der Waals surface area contributed by atoms with Crippen LogP contribution >= 0.6 is 0 Å². The topological polar surface area (TPSA) is 12.5 Å². The standard InChI is InChI=1S/C12H12O/c1-2-3-10-4-6-11(7-5-10)8-12-9-13-12/h3-7,12H,1,8-9H2. The molecule has 0 bridgehead atoms. The van der Waals surface area contributed by atoms with Gasteiger partial charge >= 0.3 is 0 Å². The lowest BCUT2D eigenvalue weighted by atomic mass is 10.1. The number of rotatable bonds is 3. The molecule has 0 saturated carbocycles. The normalized spacial score (nSPS) is 19.2. The van der Waals surface area contributed by atoms with Crippen LogP contribution in [0.5, 0.6) is 0 Å². The molecule has 0 N–H and O–H groups in total. The van der Waals surface area contributed by atoms with Crippen molar-refractivity contribution in [2.24, 2.45) is 0 Å². The van der Waals surface area contributed by atoms with Crippen molar-refractivity contribution in [2.75, 3.05) is 6.61 Å². The summed E-state index contributed by atoms with van der Waals surface area (Å²) in [7, 11) is 0. The van der Waals surface area contributed by atoms with Crippen molar-refractivity contribution < 1.29 is 4.74 Å². The van der Waals surface area contributed by atoms with E-state index in [-0.39, 0.29) is 0 Å². The summed E-state index contributed by atoms with van der Waals surface area (Å²) in [4.78, 5) is 0. The Morgan fingerprint density at radius 3 is 2.69 bits per heavy atom. The Bertz CT molecular complexity index is 327. The molecule has 1 atom stereocenters. The number of hydrogen-bond acceptors (Lipinski definition) is 1. The average molecular weight is 172 g/mol. The van der Waals surface area contributed by atoms with Gasteiger partial charge in [0, 0.05) is 6.42 Å². The van der Waals surface area contributed by atoms with Gasteiger partial charge in [0.15, 0.2) is 0 Å². The van der Waals surface area contributed by atoms with Crippen molar-refractivity contribution in [1.82, 2.24) is 0 Å². The molecule has 0 spiro atoms. The van der Waals surface area contributed by atoms with Crippen LogP contribution in [0, 0.1) is 0 Å². The molecule has 13 heavy (non-hydrogen) atoms. The molecule has 0 amide bonds. The second kappa shape index (κ2) is 3.61. The van der Waals surface area contributed by atoms with Crippen molar-refractivity contribution in [3.8, 4) is 0 Å². The minimum Gasteiger partial charge on any atom is -0.373 e. The fourth-order valence-electron chi connectivity index (χ4n) is 1.32. The predicted molar refractivity (Wildman–Crippen MR) is 53.5 cm³/mol. The van der Waals surface area contributed by atoms with Crippen LogP contribution in [0.3, 0.4) is 0 Å². The molecule has 66 valence electrons. The van der Waals surface area contributed by atoms with E-state index in [9.17, 15) is 0 Å². The van der Waals surface area contributed by atoms with E-state index in [4.69, 9.17) is 4.74 Å². The van der Waals surface area contributed by atoms with Crippen LogP contribution in [0.1, 0.15) is 11.1 Å². The zero-order valence-corrected chi connectivity index (χ0v) is 7.49. The molecule has 1 fully saturated rings. The molecule has 0 aliphatic carbocycles. The highest BCUT2D eigenvalue weighted by molar-refractivity contribution is 5.48. The fraction of sp³-hybridized carbons (Fsp3) is 0.250. The van der Waals surface area contributed by atoms with Crippen LogP contribution in [-0.4, -0.2) is 12.7 Å². The van der Waals surface area contributed by atoms with Gasteiger partial charge in [0.2, 0.25) is 0 Å². The highest BCUT2D eigenvalue weighted by Gasteiger charge is 2.22. The maximum atomic E-state index is 5.16. The van der Waals surface area contributed by atoms with Crippen LogP contribution in [0.25, 0.3) is 6.08 Å². The van der Waals surface area contributed by atoms with Gasteiger partial charge in [0.25, 0.3) is 0 Å². The molecule has 1 aliphatic rings. The fourth-order valence-corrected chi connectivity index (χ4v) is 1.32. The summed E-state index contributed by atoms with van der Waals surface area (Å²) in [6, 6.07) is 8.42. The van der Waals surface area contributed by atoms with Crippen LogP contribution in [0.15, 0.2) is 36.6 Å². The molecule has 0 aromatic heterocycles. The van der Waals surface area contributed by atoms with E-state index in [1.807, 2.05) is 6.08 Å². The molecule has 2 rings (SSSR count). The highest BCUT2D eigenvalue weighted by atomic mass is 16.6. The lowest BCUT2D eigenvalue weighted by Crippen LogP contribution is -1.91. The SMILES string of the molecule is C=C=Cc1ccc(CC2CO2)cc1. The molecular weight excluding hydrogens is 160 g/mol. The molecule has 1 aliphatic heterocycles. The molecular formula is C12H12O. The van der Waals surface area contributed by atoms with Gasteiger partial charge < -0.3 is 4.74 Å². The number of hydrogen-bond donors (Lipinski definition) is 0. The van der Waals surface area contributed by atoms with E-state index in [2.05, 4.69) is 36.6 Å². The number of epoxide rings is 1. The summed E-state index contributed by atoms with van der Waals surface area (Å²) in [5, 5.41) is 0. The zero-order valence-electron chi connectivity index (χ0n) is 7.49. The quantitative estimate of drug-likeness (QED) is 0.504. The molecule has 1 aromatic carbocycles. The third-order valence-electron chi connectivity index (χ3n) is 2.11. The van der Waals surface area contributed by atoms with E-state index in [0.717, 1.165) is 18.6 Å². The second-order valence-corrected chi connectivity index (χ2v) is 3.25. The first-order chi connectivity index (χ1) is 6.38. The van der Waals surface area contributed by atoms with Gasteiger partial charge in [-0.2, -0.15) is 0 Å². The van der Waals surface area contributed by atoms with Gasteiger partial charge in [-0.15, -0.1) is 5.73 Å². The molecule has 1 saturated heterocycles. The largest absolute Gasteiger partial charge is 0.373 e. The van der Waals surface area contributed by atoms with Crippen molar-refractivity contribution in [3.63, 3.8) is 0 Å². The van der Waals surface area contributed by atoms with Gasteiger partial charge in [-0.05, 0) is 17.2 Å². The van der Waals surface area contributed by atoms with E-state index in [1.54, 1.807) is 0 Å². The summed E-state index contributed by atoms with van der Waals surface area (Å²) < 4.78 is 5.16. The van der Waals surface area contributed by atoms with Gasteiger partial charge in [-0.3, -0.25) is 0 Å². The maximum Gasteiger partial charge on any atom is 0.0850 e. The van der Waals surface area contributed by atoms with Crippen LogP contribution < -0.4 is 0 Å². The van der Waals surface area contributed by atoms with Gasteiger partial charge in [0.1, 0.15) is 0 Å². The van der Waals surface area contributed by atoms with Gasteiger partial charge in [-0.1, -0.05) is 30.8 Å². The number of ether oxygens (including phenoxy) is 1. The summed E-state index contributed by atoms with van der Waals surface area (Å²) in [5.74, 6) is 0. The van der Waals surface area contributed by atoms with Crippen molar-refractivity contribution in [3.05, 3.63) is 47.7 Å². The number of benzene rings is 1. The summed E-state index contributed by atoms with van der Waals surface area (Å²) in [5.41, 5.74) is 5.24. The highest BCUT2D eigenvalue weighted by Crippen LogP contribution is 2.16. The lowest BCUT2D eigenvalue weighted by Gasteiger charge is -1.97. The van der Waals surface area contributed by atoms with Crippen LogP contribution in [0.4, 0.5) is 0 Å². The summed E-state index contributed by atoms with van der Waals surface area (Å²) >= 11 is 0. The van der Waals surface area contributed by atoms with Crippen LogP contribution in [0.2, 0.25) is 0 Å². The molecule has 0 radical (unpaired) electrons. The van der Waals surface area contributed by atoms with Gasteiger partial charge in [-0.25, -0.2) is 0 Å². The molecule has 1 aromatic rings. The summed E-state index contributed by atoms with van der Waals surface area (Å²) in [6.45, 7) is 4.46. The Morgan fingerprint density at radius 1 is 1.46 bits per heavy atom. The minimum absolute atomic E-state index is 0.473. The second-order valence-electron chi connectivity index (χ2n) is 3.25. The van der Waals surface area contributed by atoms with Crippen molar-refractivity contribution in [1.29, 1.82) is 0 Å². The van der Waals surface area contributed by atoms with Crippen molar-refractivity contribution in [2.45, 2.75) is 12.5 Å². The van der Waals surface area contributed by atoms with E-state index in [0.29, 0.717) is 6.10 Å². The van der Waals surface area contributed by atoms with E-state index >= 15 is 0 Å². The first-order valence-corrected chi connectivity index (χ1v) is 4.45. The molecule has 1 heterocycles. The molecule has 1 nitrogen and oxygen atoms in total. The average Bonchev–Trinajstić information content (AvgIpc) is 2.93. The minimum atomic E-state index is 0.473. The molecule has 1 unspecified atom stereocenters. The Hall–Kier alpha value is -1.30. The predicted octanol–water partition coefficient (Wildman–Crippen LogP) is 2.43. The monoisotopic (exact) mass is 172 g/mol. The smallest absolute Gasteiger partial charge is 0.0850 e. The Balaban J connectivity index is 2.07. The zero-order chi connectivity index (χ0) is 9.10. The first kappa shape index (κ1) is 8.31. The third kappa shape index (κ3) is 2.32. The molecule has 1 heteroatoms. The maximum absolute atomic E-state index is 5.16. The Morgan fingerprint density at radius 2 is 2.15 bits per heavy atom.